The molecule has 1 saturated heterocycles. The van der Waals surface area contributed by atoms with Crippen LogP contribution in [0.1, 0.15) is 13.8 Å². The van der Waals surface area contributed by atoms with E-state index in [1.54, 1.807) is 0 Å². The molecule has 1 fully saturated rings. The molecule has 2 rings (SSSR count). The van der Waals surface area contributed by atoms with E-state index in [1.165, 1.54) is 0 Å². The summed E-state index contributed by atoms with van der Waals surface area (Å²) in [5, 5.41) is 2.93. The van der Waals surface area contributed by atoms with Crippen molar-refractivity contribution in [1.82, 2.24) is 5.32 Å². The fourth-order valence-corrected chi connectivity index (χ4v) is 2.03. The van der Waals surface area contributed by atoms with Gasteiger partial charge in [-0.15, -0.1) is 0 Å². The number of allylic oxidation sites excluding steroid dienone is 1. The standard InChI is InChI=1S/C9H13NO/c1-5-3-4-6(2)8-7(5)9(11)10-8/h3-8H,1-2H3,(H,10,11)/t5-,6+,7+,8+/m0/s1. The Labute approximate surface area is 66.7 Å². The highest BCUT2D eigenvalue weighted by Crippen LogP contribution is 2.34. The minimum absolute atomic E-state index is 0.235. The molecule has 0 saturated carbocycles. The topological polar surface area (TPSA) is 29.1 Å². The maximum atomic E-state index is 11.1. The van der Waals surface area contributed by atoms with E-state index in [9.17, 15) is 4.79 Å². The number of rotatable bonds is 0. The molecule has 0 unspecified atom stereocenters. The van der Waals surface area contributed by atoms with Crippen LogP contribution in [0.5, 0.6) is 0 Å². The highest BCUT2D eigenvalue weighted by molar-refractivity contribution is 5.86. The van der Waals surface area contributed by atoms with Gasteiger partial charge in [0.1, 0.15) is 0 Å². The SMILES string of the molecule is C[C@@H]1C=C[C@H](C)[C@H]2C(=O)N[C@@H]21. The molecule has 0 aromatic rings. The van der Waals surface area contributed by atoms with Gasteiger partial charge in [-0.1, -0.05) is 26.0 Å². The van der Waals surface area contributed by atoms with Crippen molar-refractivity contribution in [2.45, 2.75) is 19.9 Å². The van der Waals surface area contributed by atoms with Crippen molar-refractivity contribution in [3.8, 4) is 0 Å². The van der Waals surface area contributed by atoms with Crippen LogP contribution in [0, 0.1) is 17.8 Å². The molecule has 0 spiro atoms. The van der Waals surface area contributed by atoms with Gasteiger partial charge >= 0.3 is 0 Å². The molecule has 1 aliphatic heterocycles. The van der Waals surface area contributed by atoms with Crippen LogP contribution < -0.4 is 5.32 Å². The van der Waals surface area contributed by atoms with E-state index in [-0.39, 0.29) is 11.8 Å². The van der Waals surface area contributed by atoms with Gasteiger partial charge in [0.25, 0.3) is 0 Å². The second-order valence-corrected chi connectivity index (χ2v) is 3.66. The number of fused-ring (bicyclic) bond motifs is 1. The van der Waals surface area contributed by atoms with Gasteiger partial charge in [-0.05, 0) is 11.8 Å². The summed E-state index contributed by atoms with van der Waals surface area (Å²) in [5.41, 5.74) is 0. The number of hydrogen-bond donors (Lipinski definition) is 1. The third kappa shape index (κ3) is 0.817. The minimum atomic E-state index is 0.235. The lowest BCUT2D eigenvalue weighted by atomic mass is 9.71. The van der Waals surface area contributed by atoms with Crippen molar-refractivity contribution in [2.75, 3.05) is 0 Å². The molecule has 0 aromatic carbocycles. The molecule has 11 heavy (non-hydrogen) atoms. The number of carbonyl (C=O) groups is 1. The average Bonchev–Trinajstić information content (AvgIpc) is 1.93. The van der Waals surface area contributed by atoms with Crippen LogP contribution >= 0.6 is 0 Å². The van der Waals surface area contributed by atoms with Crippen LogP contribution in [0.25, 0.3) is 0 Å². The highest BCUT2D eigenvalue weighted by Gasteiger charge is 2.45. The molecule has 60 valence electrons. The molecule has 0 aromatic heterocycles. The van der Waals surface area contributed by atoms with E-state index in [0.29, 0.717) is 17.9 Å². The smallest absolute Gasteiger partial charge is 0.226 e. The zero-order valence-corrected chi connectivity index (χ0v) is 6.87. The Kier molecular flexibility index (Phi) is 1.31. The lowest BCUT2D eigenvalue weighted by Gasteiger charge is -2.44. The van der Waals surface area contributed by atoms with Gasteiger partial charge in [-0.3, -0.25) is 4.79 Å². The van der Waals surface area contributed by atoms with Gasteiger partial charge in [0.2, 0.25) is 5.91 Å². The highest BCUT2D eigenvalue weighted by atomic mass is 16.2. The number of β-lactam (4-membered cyclic amide) rings is 1. The number of nitrogens with one attached hydrogen (secondary N) is 1. The fraction of sp³-hybridized carbons (Fsp3) is 0.667. The second-order valence-electron chi connectivity index (χ2n) is 3.66. The quantitative estimate of drug-likeness (QED) is 0.405. The summed E-state index contributed by atoms with van der Waals surface area (Å²) in [6.45, 7) is 4.26. The zero-order valence-electron chi connectivity index (χ0n) is 6.87. The van der Waals surface area contributed by atoms with Crippen molar-refractivity contribution >= 4 is 5.91 Å². The van der Waals surface area contributed by atoms with Gasteiger partial charge < -0.3 is 5.32 Å². The molecule has 4 atom stereocenters. The second kappa shape index (κ2) is 2.10. The summed E-state index contributed by atoms with van der Waals surface area (Å²) in [6.07, 6.45) is 4.36. The molecular weight excluding hydrogens is 138 g/mol. The van der Waals surface area contributed by atoms with Crippen LogP contribution in [-0.4, -0.2) is 11.9 Å². The van der Waals surface area contributed by atoms with Crippen LogP contribution in [0.15, 0.2) is 12.2 Å². The first-order valence-corrected chi connectivity index (χ1v) is 4.19. The van der Waals surface area contributed by atoms with Crippen LogP contribution in [-0.2, 0) is 4.79 Å². The molecule has 0 radical (unpaired) electrons. The summed E-state index contributed by atoms with van der Waals surface area (Å²) in [4.78, 5) is 11.1. The molecule has 1 aliphatic carbocycles. The molecule has 1 amide bonds. The molecule has 1 N–H and O–H groups in total. The molecule has 2 nitrogen and oxygen atoms in total. The van der Waals surface area contributed by atoms with E-state index in [2.05, 4.69) is 31.3 Å². The zero-order chi connectivity index (χ0) is 8.01. The van der Waals surface area contributed by atoms with Crippen molar-refractivity contribution in [2.24, 2.45) is 17.8 Å². The maximum absolute atomic E-state index is 11.1. The molecule has 2 heteroatoms. The minimum Gasteiger partial charge on any atom is -0.352 e. The van der Waals surface area contributed by atoms with E-state index < -0.39 is 0 Å². The molecule has 0 bridgehead atoms. The van der Waals surface area contributed by atoms with E-state index in [1.807, 2.05) is 0 Å². The average molecular weight is 151 g/mol. The predicted octanol–water partition coefficient (Wildman–Crippen LogP) is 0.943. The first kappa shape index (κ1) is 6.89. The summed E-state index contributed by atoms with van der Waals surface area (Å²) < 4.78 is 0. The lowest BCUT2D eigenvalue weighted by molar-refractivity contribution is -0.138. The third-order valence-corrected chi connectivity index (χ3v) is 2.85. The summed E-state index contributed by atoms with van der Waals surface area (Å²) in [7, 11) is 0. The van der Waals surface area contributed by atoms with E-state index >= 15 is 0 Å². The lowest BCUT2D eigenvalue weighted by Crippen LogP contribution is -2.63. The Hall–Kier alpha value is -0.790. The van der Waals surface area contributed by atoms with Gasteiger partial charge in [-0.2, -0.15) is 0 Å². The molecular formula is C9H13NO. The van der Waals surface area contributed by atoms with Crippen molar-refractivity contribution in [3.63, 3.8) is 0 Å². The van der Waals surface area contributed by atoms with Gasteiger partial charge in [0.05, 0.1) is 5.92 Å². The molecule has 2 aliphatic rings. The van der Waals surface area contributed by atoms with Crippen LogP contribution in [0.4, 0.5) is 0 Å². The largest absolute Gasteiger partial charge is 0.352 e. The Morgan fingerprint density at radius 3 is 2.45 bits per heavy atom. The Morgan fingerprint density at radius 2 is 1.91 bits per heavy atom. The van der Waals surface area contributed by atoms with Crippen molar-refractivity contribution in [1.29, 1.82) is 0 Å². The Balaban J connectivity index is 2.22. The maximum Gasteiger partial charge on any atom is 0.226 e. The van der Waals surface area contributed by atoms with Crippen molar-refractivity contribution < 1.29 is 4.79 Å². The third-order valence-electron chi connectivity index (χ3n) is 2.85. The van der Waals surface area contributed by atoms with E-state index in [0.717, 1.165) is 0 Å². The van der Waals surface area contributed by atoms with Crippen molar-refractivity contribution in [3.05, 3.63) is 12.2 Å². The number of carbonyl (C=O) groups excluding carboxylic acids is 1. The first-order chi connectivity index (χ1) is 5.20. The number of hydrogen-bond acceptors (Lipinski definition) is 1. The number of amides is 1. The Morgan fingerprint density at radius 1 is 1.27 bits per heavy atom. The van der Waals surface area contributed by atoms with Gasteiger partial charge in [-0.25, -0.2) is 0 Å². The van der Waals surface area contributed by atoms with Gasteiger partial charge in [0.15, 0.2) is 0 Å². The summed E-state index contributed by atoms with van der Waals surface area (Å²) >= 11 is 0. The van der Waals surface area contributed by atoms with Crippen LogP contribution in [0.2, 0.25) is 0 Å². The monoisotopic (exact) mass is 151 g/mol. The first-order valence-electron chi connectivity index (χ1n) is 4.19. The fourth-order valence-electron chi connectivity index (χ4n) is 2.03. The van der Waals surface area contributed by atoms with E-state index in [4.69, 9.17) is 0 Å². The van der Waals surface area contributed by atoms with Gasteiger partial charge in [0, 0.05) is 6.04 Å². The predicted molar refractivity (Wildman–Crippen MR) is 42.9 cm³/mol. The normalized spacial score (nSPS) is 47.6. The summed E-state index contributed by atoms with van der Waals surface area (Å²) in [5.74, 6) is 1.45. The molecule has 1 heterocycles. The summed E-state index contributed by atoms with van der Waals surface area (Å²) in [6, 6.07) is 0.419. The van der Waals surface area contributed by atoms with Crippen LogP contribution in [0.3, 0.4) is 0 Å². The Bertz CT molecular complexity index is 222.